The Bertz CT molecular complexity index is 1030. The molecule has 0 spiro atoms. The van der Waals surface area contributed by atoms with E-state index in [1.54, 1.807) is 13.8 Å². The van der Waals surface area contributed by atoms with Crippen molar-refractivity contribution in [2.45, 2.75) is 50.7 Å². The van der Waals surface area contributed by atoms with Gasteiger partial charge in [-0.05, 0) is 51.0 Å². The van der Waals surface area contributed by atoms with Crippen LogP contribution in [0.1, 0.15) is 33.6 Å². The van der Waals surface area contributed by atoms with Gasteiger partial charge >= 0.3 is 17.9 Å². The van der Waals surface area contributed by atoms with Crippen LogP contribution in [0.5, 0.6) is 5.75 Å². The molecule has 9 nitrogen and oxygen atoms in total. The molecule has 0 amide bonds. The Morgan fingerprint density at radius 3 is 2.42 bits per heavy atom. The number of hydrogen-bond donors (Lipinski definition) is 0. The molecule has 0 N–H and O–H groups in total. The van der Waals surface area contributed by atoms with Gasteiger partial charge in [0.05, 0.1) is 22.1 Å². The van der Waals surface area contributed by atoms with Crippen molar-refractivity contribution in [2.24, 2.45) is 29.1 Å². The van der Waals surface area contributed by atoms with Crippen LogP contribution in [0.2, 0.25) is 0 Å². The first kappa shape index (κ1) is 21.8. The lowest BCUT2D eigenvalue weighted by Gasteiger charge is -2.32. The number of benzene rings is 1. The largest absolute Gasteiger partial charge is 0.744 e. The third kappa shape index (κ3) is 3.61. The third-order valence-electron chi connectivity index (χ3n) is 6.83. The molecule has 1 aromatic rings. The van der Waals surface area contributed by atoms with Crippen molar-refractivity contribution in [3.8, 4) is 5.75 Å². The van der Waals surface area contributed by atoms with Crippen LogP contribution in [-0.4, -0.2) is 43.1 Å². The van der Waals surface area contributed by atoms with Crippen molar-refractivity contribution < 1.29 is 41.6 Å². The maximum absolute atomic E-state index is 13.0. The van der Waals surface area contributed by atoms with E-state index < -0.39 is 68.3 Å². The Morgan fingerprint density at radius 1 is 1.19 bits per heavy atom. The highest BCUT2D eigenvalue weighted by atomic mass is 32.2. The second-order valence-electron chi connectivity index (χ2n) is 8.97. The molecular weight excluding hydrogens is 428 g/mol. The summed E-state index contributed by atoms with van der Waals surface area (Å²) >= 11 is 0. The van der Waals surface area contributed by atoms with Gasteiger partial charge < -0.3 is 18.8 Å². The second kappa shape index (κ2) is 7.30. The predicted octanol–water partition coefficient (Wildman–Crippen LogP) is 1.65. The zero-order valence-electron chi connectivity index (χ0n) is 17.3. The van der Waals surface area contributed by atoms with Crippen LogP contribution in [0, 0.1) is 29.1 Å². The summed E-state index contributed by atoms with van der Waals surface area (Å²) in [4.78, 5) is 37.5. The van der Waals surface area contributed by atoms with Crippen LogP contribution in [0.25, 0.3) is 0 Å². The molecule has 4 rings (SSSR count). The van der Waals surface area contributed by atoms with Crippen molar-refractivity contribution in [2.75, 3.05) is 0 Å². The number of carbonyl (C=O) groups excluding carboxylic acids is 3. The molecule has 3 fully saturated rings. The lowest BCUT2D eigenvalue weighted by atomic mass is 9.78. The van der Waals surface area contributed by atoms with Crippen LogP contribution >= 0.6 is 0 Å². The van der Waals surface area contributed by atoms with Crippen molar-refractivity contribution >= 4 is 28.0 Å². The van der Waals surface area contributed by atoms with E-state index in [1.807, 2.05) is 6.92 Å². The Kier molecular flexibility index (Phi) is 5.13. The standard InChI is InChI=1S/C21H24O9S/c1-4-21(2,3)20(24)30-17-13-9-12-15(19(23)29-16(12)17)14(13)18(22)28-10-5-7-11(8-6-10)31(25,26)27/h5-8,12-17H,4,9H2,1-3H3,(H,25,26,27)/p-1. The van der Waals surface area contributed by atoms with E-state index in [1.165, 1.54) is 12.1 Å². The van der Waals surface area contributed by atoms with Gasteiger partial charge in [-0.2, -0.15) is 0 Å². The van der Waals surface area contributed by atoms with E-state index in [2.05, 4.69) is 0 Å². The molecule has 1 aromatic carbocycles. The summed E-state index contributed by atoms with van der Waals surface area (Å²) in [6.45, 7) is 5.41. The number of esters is 3. The van der Waals surface area contributed by atoms with Gasteiger partial charge in [0.2, 0.25) is 0 Å². The molecule has 10 heteroatoms. The molecule has 1 aliphatic heterocycles. The molecule has 1 heterocycles. The molecule has 6 unspecified atom stereocenters. The maximum atomic E-state index is 13.0. The Morgan fingerprint density at radius 2 is 1.84 bits per heavy atom. The van der Waals surface area contributed by atoms with E-state index in [9.17, 15) is 27.4 Å². The fourth-order valence-corrected chi connectivity index (χ4v) is 5.22. The molecule has 31 heavy (non-hydrogen) atoms. The maximum Gasteiger partial charge on any atom is 0.315 e. The molecule has 6 atom stereocenters. The summed E-state index contributed by atoms with van der Waals surface area (Å²) in [5, 5.41) is 0. The lowest BCUT2D eigenvalue weighted by Crippen LogP contribution is -2.45. The van der Waals surface area contributed by atoms with E-state index in [0.717, 1.165) is 12.1 Å². The van der Waals surface area contributed by atoms with E-state index in [4.69, 9.17) is 14.2 Å². The van der Waals surface area contributed by atoms with Crippen molar-refractivity contribution in [3.63, 3.8) is 0 Å². The highest BCUT2D eigenvalue weighted by molar-refractivity contribution is 7.85. The highest BCUT2D eigenvalue weighted by Crippen LogP contribution is 2.59. The van der Waals surface area contributed by atoms with Crippen LogP contribution < -0.4 is 4.74 Å². The van der Waals surface area contributed by atoms with Crippen LogP contribution in [0.3, 0.4) is 0 Å². The topological polar surface area (TPSA) is 136 Å². The first-order chi connectivity index (χ1) is 14.4. The van der Waals surface area contributed by atoms with Gasteiger partial charge in [-0.1, -0.05) is 6.92 Å². The van der Waals surface area contributed by atoms with Gasteiger partial charge in [-0.15, -0.1) is 0 Å². The second-order valence-corrected chi connectivity index (χ2v) is 10.4. The number of ether oxygens (including phenoxy) is 3. The van der Waals surface area contributed by atoms with Gasteiger partial charge in [0.1, 0.15) is 28.1 Å². The molecular formula is C21H23O9S-. The number of fused-ring (bicyclic) bond motifs is 1. The Hall–Kier alpha value is -2.46. The quantitative estimate of drug-likeness (QED) is 0.359. The van der Waals surface area contributed by atoms with Crippen LogP contribution in [0.15, 0.2) is 29.2 Å². The van der Waals surface area contributed by atoms with Crippen molar-refractivity contribution in [3.05, 3.63) is 24.3 Å². The van der Waals surface area contributed by atoms with Gasteiger partial charge in [0, 0.05) is 11.8 Å². The first-order valence-electron chi connectivity index (χ1n) is 10.1. The minimum Gasteiger partial charge on any atom is -0.744 e. The minimum atomic E-state index is -4.62. The monoisotopic (exact) mass is 451 g/mol. The molecule has 168 valence electrons. The third-order valence-corrected chi connectivity index (χ3v) is 7.68. The van der Waals surface area contributed by atoms with Gasteiger partial charge in [-0.3, -0.25) is 14.4 Å². The molecule has 2 saturated carbocycles. The zero-order valence-corrected chi connectivity index (χ0v) is 18.1. The van der Waals surface area contributed by atoms with Gasteiger partial charge in [-0.25, -0.2) is 8.42 Å². The molecule has 3 aliphatic rings. The summed E-state index contributed by atoms with van der Waals surface area (Å²) in [6, 6.07) is 4.49. The van der Waals surface area contributed by atoms with Crippen molar-refractivity contribution in [1.29, 1.82) is 0 Å². The fourth-order valence-electron chi connectivity index (χ4n) is 4.75. The van der Waals surface area contributed by atoms with Gasteiger partial charge in [0.15, 0.2) is 0 Å². The number of carbonyl (C=O) groups is 3. The molecule has 1 saturated heterocycles. The number of hydrogen-bond acceptors (Lipinski definition) is 9. The molecule has 2 aliphatic carbocycles. The van der Waals surface area contributed by atoms with Crippen LogP contribution in [0.4, 0.5) is 0 Å². The SMILES string of the molecule is CCC(C)(C)C(=O)OC1C2CC3C1OC(=O)C3C2C(=O)Oc1ccc(S(=O)(=O)[O-])cc1. The molecule has 2 bridgehead atoms. The Labute approximate surface area is 179 Å². The van der Waals surface area contributed by atoms with E-state index in [-0.39, 0.29) is 11.7 Å². The normalized spacial score (nSPS) is 31.4. The summed E-state index contributed by atoms with van der Waals surface area (Å²) < 4.78 is 49.7. The Balaban J connectivity index is 1.53. The number of rotatable bonds is 6. The molecule has 0 radical (unpaired) electrons. The highest BCUT2D eigenvalue weighted by Gasteiger charge is 2.70. The average Bonchev–Trinajstić information content (AvgIpc) is 3.31. The summed E-state index contributed by atoms with van der Waals surface area (Å²) in [5.41, 5.74) is -0.705. The summed E-state index contributed by atoms with van der Waals surface area (Å²) in [6.07, 6.45) is -0.180. The first-order valence-corrected chi connectivity index (χ1v) is 11.5. The minimum absolute atomic E-state index is 0.0451. The van der Waals surface area contributed by atoms with E-state index in [0.29, 0.717) is 12.8 Å². The van der Waals surface area contributed by atoms with Gasteiger partial charge in [0.25, 0.3) is 0 Å². The average molecular weight is 451 g/mol. The smallest absolute Gasteiger partial charge is 0.315 e. The molecule has 0 aromatic heterocycles. The lowest BCUT2D eigenvalue weighted by molar-refractivity contribution is -0.172. The zero-order chi connectivity index (χ0) is 22.7. The predicted molar refractivity (Wildman–Crippen MR) is 102 cm³/mol. The fraction of sp³-hybridized carbons (Fsp3) is 0.571. The van der Waals surface area contributed by atoms with E-state index >= 15 is 0 Å². The summed E-state index contributed by atoms with van der Waals surface area (Å²) in [5.74, 6) is -3.65. The van der Waals surface area contributed by atoms with Crippen molar-refractivity contribution in [1.82, 2.24) is 0 Å². The summed E-state index contributed by atoms with van der Waals surface area (Å²) in [7, 11) is -4.62. The van der Waals surface area contributed by atoms with Crippen LogP contribution in [-0.2, 0) is 34.0 Å².